The second-order valence-electron chi connectivity index (χ2n) is 5.91. The molecule has 2 heterocycles. The monoisotopic (exact) mass is 345 g/mol. The van der Waals surface area contributed by atoms with Gasteiger partial charge in [-0.15, -0.1) is 0 Å². The van der Waals surface area contributed by atoms with Crippen LogP contribution in [0.25, 0.3) is 0 Å². The smallest absolute Gasteiger partial charge is 0.418 e. The van der Waals surface area contributed by atoms with E-state index in [2.05, 4.69) is 9.97 Å². The van der Waals surface area contributed by atoms with Gasteiger partial charge in [-0.1, -0.05) is 18.2 Å². The number of amides is 1. The SMILES string of the molecule is CC1(C)OC[C@@H](COc2ccnc(N(C(=O)O)c3ccccc3)n2)O1. The maximum Gasteiger partial charge on any atom is 0.418 e. The highest BCUT2D eigenvalue weighted by molar-refractivity contribution is 5.92. The number of benzene rings is 1. The molecule has 1 aliphatic heterocycles. The quantitative estimate of drug-likeness (QED) is 0.890. The summed E-state index contributed by atoms with van der Waals surface area (Å²) in [6, 6.07) is 10.2. The largest absolute Gasteiger partial charge is 0.475 e. The molecule has 1 saturated heterocycles. The van der Waals surface area contributed by atoms with Crippen molar-refractivity contribution >= 4 is 17.7 Å². The van der Waals surface area contributed by atoms with Gasteiger partial charge in [0.15, 0.2) is 5.79 Å². The van der Waals surface area contributed by atoms with Gasteiger partial charge in [0.05, 0.1) is 12.3 Å². The number of para-hydroxylation sites is 1. The third kappa shape index (κ3) is 4.23. The van der Waals surface area contributed by atoms with Crippen molar-refractivity contribution in [1.82, 2.24) is 9.97 Å². The van der Waals surface area contributed by atoms with Crippen LogP contribution in [0, 0.1) is 0 Å². The summed E-state index contributed by atoms with van der Waals surface area (Å²) in [6.07, 6.45) is 0.0581. The van der Waals surface area contributed by atoms with E-state index in [4.69, 9.17) is 14.2 Å². The average Bonchev–Trinajstić information content (AvgIpc) is 2.93. The minimum Gasteiger partial charge on any atom is -0.475 e. The summed E-state index contributed by atoms with van der Waals surface area (Å²) in [6.45, 7) is 4.34. The lowest BCUT2D eigenvalue weighted by Gasteiger charge is -2.18. The van der Waals surface area contributed by atoms with E-state index in [1.165, 1.54) is 6.20 Å². The number of hydrogen-bond donors (Lipinski definition) is 1. The zero-order valence-corrected chi connectivity index (χ0v) is 14.0. The first-order chi connectivity index (χ1) is 11.9. The molecule has 132 valence electrons. The Morgan fingerprint density at radius 1 is 1.36 bits per heavy atom. The normalized spacial score (nSPS) is 18.7. The molecule has 2 aromatic rings. The molecule has 1 aliphatic rings. The van der Waals surface area contributed by atoms with E-state index < -0.39 is 11.9 Å². The van der Waals surface area contributed by atoms with Gasteiger partial charge >= 0.3 is 6.09 Å². The number of hydrogen-bond acceptors (Lipinski definition) is 6. The van der Waals surface area contributed by atoms with Gasteiger partial charge in [0.25, 0.3) is 0 Å². The number of ether oxygens (including phenoxy) is 3. The standard InChI is InChI=1S/C17H19N3O5/c1-17(2)24-11-13(25-17)10-23-14-8-9-18-15(19-14)20(16(21)22)12-6-4-3-5-7-12/h3-9,13H,10-11H2,1-2H3,(H,21,22)/t13-/m1/s1. The first kappa shape index (κ1) is 17.1. The molecular formula is C17H19N3O5. The van der Waals surface area contributed by atoms with Crippen molar-refractivity contribution in [3.8, 4) is 5.88 Å². The van der Waals surface area contributed by atoms with Crippen LogP contribution < -0.4 is 9.64 Å². The molecule has 1 fully saturated rings. The average molecular weight is 345 g/mol. The molecule has 0 unspecified atom stereocenters. The van der Waals surface area contributed by atoms with E-state index in [0.29, 0.717) is 12.3 Å². The van der Waals surface area contributed by atoms with Gasteiger partial charge in [-0.2, -0.15) is 4.98 Å². The summed E-state index contributed by atoms with van der Waals surface area (Å²) in [5.74, 6) is -0.348. The van der Waals surface area contributed by atoms with E-state index >= 15 is 0 Å². The van der Waals surface area contributed by atoms with Crippen LogP contribution >= 0.6 is 0 Å². The number of rotatable bonds is 5. The predicted octanol–water partition coefficient (Wildman–Crippen LogP) is 2.82. The van der Waals surface area contributed by atoms with Crippen molar-refractivity contribution < 1.29 is 24.1 Å². The van der Waals surface area contributed by atoms with Crippen molar-refractivity contribution in [1.29, 1.82) is 0 Å². The Hall–Kier alpha value is -2.71. The summed E-state index contributed by atoms with van der Waals surface area (Å²) in [7, 11) is 0. The molecule has 25 heavy (non-hydrogen) atoms. The molecular weight excluding hydrogens is 326 g/mol. The number of aromatic nitrogens is 2. The van der Waals surface area contributed by atoms with Gasteiger partial charge in [0.1, 0.15) is 12.7 Å². The molecule has 0 saturated carbocycles. The molecule has 0 aliphatic carbocycles. The number of anilines is 2. The molecule has 1 N–H and O–H groups in total. The predicted molar refractivity (Wildman–Crippen MR) is 89.0 cm³/mol. The second kappa shape index (κ2) is 7.04. The summed E-state index contributed by atoms with van der Waals surface area (Å²) in [5.41, 5.74) is 0.446. The molecule has 3 rings (SSSR count). The van der Waals surface area contributed by atoms with Crippen LogP contribution in [0.4, 0.5) is 16.4 Å². The molecule has 0 spiro atoms. The summed E-state index contributed by atoms with van der Waals surface area (Å²) >= 11 is 0. The fourth-order valence-electron chi connectivity index (χ4n) is 2.43. The highest BCUT2D eigenvalue weighted by atomic mass is 16.7. The van der Waals surface area contributed by atoms with Crippen molar-refractivity contribution in [2.45, 2.75) is 25.7 Å². The van der Waals surface area contributed by atoms with E-state index in [-0.39, 0.29) is 24.5 Å². The third-order valence-electron chi connectivity index (χ3n) is 3.51. The Balaban J connectivity index is 1.73. The maximum absolute atomic E-state index is 11.6. The van der Waals surface area contributed by atoms with Gasteiger partial charge in [0.2, 0.25) is 11.8 Å². The zero-order chi connectivity index (χ0) is 17.9. The van der Waals surface area contributed by atoms with E-state index in [1.807, 2.05) is 13.8 Å². The third-order valence-corrected chi connectivity index (χ3v) is 3.51. The highest BCUT2D eigenvalue weighted by Crippen LogP contribution is 2.25. The Morgan fingerprint density at radius 3 is 2.76 bits per heavy atom. The van der Waals surface area contributed by atoms with Crippen LogP contribution in [-0.2, 0) is 9.47 Å². The van der Waals surface area contributed by atoms with Crippen LogP contribution in [0.1, 0.15) is 13.8 Å². The van der Waals surface area contributed by atoms with Gasteiger partial charge in [-0.3, -0.25) is 0 Å². The molecule has 0 radical (unpaired) electrons. The van der Waals surface area contributed by atoms with Gasteiger partial charge in [0, 0.05) is 12.3 Å². The van der Waals surface area contributed by atoms with E-state index in [1.54, 1.807) is 36.4 Å². The first-order valence-corrected chi connectivity index (χ1v) is 7.80. The van der Waals surface area contributed by atoms with Crippen molar-refractivity contribution in [2.24, 2.45) is 0 Å². The van der Waals surface area contributed by atoms with Gasteiger partial charge in [-0.25, -0.2) is 14.7 Å². The fraction of sp³-hybridized carbons (Fsp3) is 0.353. The molecule has 1 aromatic carbocycles. The Morgan fingerprint density at radius 2 is 2.12 bits per heavy atom. The van der Waals surface area contributed by atoms with Crippen LogP contribution in [0.5, 0.6) is 5.88 Å². The molecule has 1 atom stereocenters. The van der Waals surface area contributed by atoms with E-state index in [9.17, 15) is 9.90 Å². The first-order valence-electron chi connectivity index (χ1n) is 7.80. The fourth-order valence-corrected chi connectivity index (χ4v) is 2.43. The highest BCUT2D eigenvalue weighted by Gasteiger charge is 2.33. The maximum atomic E-state index is 11.6. The number of carboxylic acid groups (broad SMARTS) is 1. The second-order valence-corrected chi connectivity index (χ2v) is 5.91. The van der Waals surface area contributed by atoms with Crippen molar-refractivity contribution in [3.63, 3.8) is 0 Å². The summed E-state index contributed by atoms with van der Waals surface area (Å²) in [5, 5.41) is 9.50. The molecule has 1 amide bonds. The van der Waals surface area contributed by atoms with Gasteiger partial charge < -0.3 is 19.3 Å². The lowest BCUT2D eigenvalue weighted by Crippen LogP contribution is -2.27. The lowest BCUT2D eigenvalue weighted by molar-refractivity contribution is -0.141. The van der Waals surface area contributed by atoms with E-state index in [0.717, 1.165) is 4.90 Å². The van der Waals surface area contributed by atoms with Crippen LogP contribution in [0.3, 0.4) is 0 Å². The Bertz CT molecular complexity index is 738. The molecule has 1 aromatic heterocycles. The zero-order valence-electron chi connectivity index (χ0n) is 14.0. The molecule has 8 nitrogen and oxygen atoms in total. The summed E-state index contributed by atoms with van der Waals surface area (Å²) in [4.78, 5) is 20.8. The topological polar surface area (TPSA) is 94.0 Å². The molecule has 8 heteroatoms. The van der Waals surface area contributed by atoms with Crippen LogP contribution in [-0.4, -0.2) is 46.3 Å². The van der Waals surface area contributed by atoms with Crippen molar-refractivity contribution in [3.05, 3.63) is 42.6 Å². The minimum atomic E-state index is -1.18. The Labute approximate surface area is 145 Å². The van der Waals surface area contributed by atoms with Gasteiger partial charge in [-0.05, 0) is 26.0 Å². The number of carbonyl (C=O) groups is 1. The minimum absolute atomic E-state index is 0.0140. The van der Waals surface area contributed by atoms with Crippen LogP contribution in [0.15, 0.2) is 42.6 Å². The number of nitrogens with zero attached hydrogens (tertiary/aromatic N) is 3. The van der Waals surface area contributed by atoms with Crippen molar-refractivity contribution in [2.75, 3.05) is 18.1 Å². The molecule has 0 bridgehead atoms. The van der Waals surface area contributed by atoms with Crippen LogP contribution in [0.2, 0.25) is 0 Å². The Kier molecular flexibility index (Phi) is 4.82. The lowest BCUT2D eigenvalue weighted by atomic mass is 10.3. The summed E-state index contributed by atoms with van der Waals surface area (Å²) < 4.78 is 16.7.